The molecule has 0 atom stereocenters. The van der Waals surface area contributed by atoms with Crippen molar-refractivity contribution >= 4 is 29.9 Å². The molecule has 8 heteroatoms. The van der Waals surface area contributed by atoms with Gasteiger partial charge in [-0.3, -0.25) is 0 Å². The van der Waals surface area contributed by atoms with Gasteiger partial charge in [-0.25, -0.2) is 4.99 Å². The van der Waals surface area contributed by atoms with Crippen LogP contribution in [-0.2, 0) is 13.1 Å². The maximum absolute atomic E-state index is 5.94. The highest BCUT2D eigenvalue weighted by Crippen LogP contribution is 2.24. The molecule has 0 unspecified atom stereocenters. The van der Waals surface area contributed by atoms with E-state index in [0.717, 1.165) is 47.4 Å². The third-order valence-electron chi connectivity index (χ3n) is 4.46. The van der Waals surface area contributed by atoms with Crippen molar-refractivity contribution in [1.82, 2.24) is 15.5 Å². The zero-order valence-corrected chi connectivity index (χ0v) is 21.4. The highest BCUT2D eigenvalue weighted by Gasteiger charge is 2.07. The lowest BCUT2D eigenvalue weighted by atomic mass is 10.2. The number of likely N-dealkylation sites (N-methyl/N-ethyl adjacent to an activating group) is 1. The van der Waals surface area contributed by atoms with Gasteiger partial charge in [-0.1, -0.05) is 18.2 Å². The summed E-state index contributed by atoms with van der Waals surface area (Å²) in [4.78, 5) is 6.83. The number of benzene rings is 2. The first kappa shape index (κ1) is 26.8. The van der Waals surface area contributed by atoms with Gasteiger partial charge in [-0.2, -0.15) is 0 Å². The standard InChI is InChI=1S/C23H34N4O3.HI/c1-6-24-23(26-17-19-11-12-20(28-4)15-22(19)29-5)25-16-18-9-7-8-10-21(18)30-14-13-27(2)3;/h7-12,15H,6,13-14,16-17H2,1-5H3,(H2,24,25,26);1H. The van der Waals surface area contributed by atoms with E-state index >= 15 is 0 Å². The molecule has 0 spiro atoms. The lowest BCUT2D eigenvalue weighted by molar-refractivity contribution is 0.259. The molecule has 2 aromatic rings. The molecule has 31 heavy (non-hydrogen) atoms. The van der Waals surface area contributed by atoms with Crippen LogP contribution in [0, 0.1) is 0 Å². The molecular formula is C23H35IN4O3. The molecule has 2 N–H and O–H groups in total. The third kappa shape index (κ3) is 9.22. The molecule has 0 bridgehead atoms. The number of halogens is 1. The van der Waals surface area contributed by atoms with Gasteiger partial charge in [-0.05, 0) is 39.2 Å². The Bertz CT molecular complexity index is 815. The highest BCUT2D eigenvalue weighted by molar-refractivity contribution is 14.0. The molecule has 0 heterocycles. The fourth-order valence-corrected chi connectivity index (χ4v) is 2.80. The van der Waals surface area contributed by atoms with Gasteiger partial charge in [0.1, 0.15) is 23.9 Å². The monoisotopic (exact) mass is 542 g/mol. The predicted octanol–water partition coefficient (Wildman–Crippen LogP) is 3.52. The molecule has 0 amide bonds. The van der Waals surface area contributed by atoms with E-state index in [1.165, 1.54) is 0 Å². The number of hydrogen-bond donors (Lipinski definition) is 2. The molecule has 0 aliphatic carbocycles. The van der Waals surface area contributed by atoms with Crippen LogP contribution in [0.1, 0.15) is 18.1 Å². The first-order valence-electron chi connectivity index (χ1n) is 10.2. The van der Waals surface area contributed by atoms with Gasteiger partial charge in [0, 0.05) is 36.8 Å². The number of methoxy groups -OCH3 is 2. The summed E-state index contributed by atoms with van der Waals surface area (Å²) in [5, 5.41) is 6.65. The highest BCUT2D eigenvalue weighted by atomic mass is 127. The van der Waals surface area contributed by atoms with Crippen molar-refractivity contribution < 1.29 is 14.2 Å². The van der Waals surface area contributed by atoms with Crippen molar-refractivity contribution in [2.45, 2.75) is 20.0 Å². The van der Waals surface area contributed by atoms with Gasteiger partial charge >= 0.3 is 0 Å². The van der Waals surface area contributed by atoms with Gasteiger partial charge in [0.2, 0.25) is 0 Å². The minimum atomic E-state index is 0. The van der Waals surface area contributed by atoms with E-state index in [2.05, 4.69) is 15.5 Å². The number of guanidine groups is 1. The average molecular weight is 542 g/mol. The first-order chi connectivity index (χ1) is 14.6. The van der Waals surface area contributed by atoms with Crippen LogP contribution in [0.5, 0.6) is 17.2 Å². The summed E-state index contributed by atoms with van der Waals surface area (Å²) in [6, 6.07) is 13.8. The summed E-state index contributed by atoms with van der Waals surface area (Å²) in [5.74, 6) is 3.15. The van der Waals surface area contributed by atoms with Crippen LogP contribution in [0.4, 0.5) is 0 Å². The van der Waals surface area contributed by atoms with Crippen molar-refractivity contribution in [2.75, 3.05) is 48.0 Å². The van der Waals surface area contributed by atoms with Crippen molar-refractivity contribution in [3.8, 4) is 17.2 Å². The van der Waals surface area contributed by atoms with Crippen LogP contribution in [0.15, 0.2) is 47.5 Å². The quantitative estimate of drug-likeness (QED) is 0.258. The Hall–Kier alpha value is -2.20. The number of para-hydroxylation sites is 1. The van der Waals surface area contributed by atoms with Crippen LogP contribution < -0.4 is 24.8 Å². The van der Waals surface area contributed by atoms with Crippen molar-refractivity contribution in [3.63, 3.8) is 0 Å². The van der Waals surface area contributed by atoms with Crippen molar-refractivity contribution in [2.24, 2.45) is 4.99 Å². The van der Waals surface area contributed by atoms with E-state index in [9.17, 15) is 0 Å². The minimum absolute atomic E-state index is 0. The zero-order chi connectivity index (χ0) is 21.8. The van der Waals surface area contributed by atoms with E-state index < -0.39 is 0 Å². The topological polar surface area (TPSA) is 67.4 Å². The second-order valence-electron chi connectivity index (χ2n) is 6.99. The number of rotatable bonds is 11. The minimum Gasteiger partial charge on any atom is -0.497 e. The Kier molecular flexibility index (Phi) is 12.8. The van der Waals surface area contributed by atoms with E-state index in [4.69, 9.17) is 19.2 Å². The normalized spacial score (nSPS) is 11.0. The Balaban J connectivity index is 0.00000480. The zero-order valence-electron chi connectivity index (χ0n) is 19.1. The molecule has 0 aliphatic heterocycles. The molecule has 7 nitrogen and oxygen atoms in total. The van der Waals surface area contributed by atoms with Crippen molar-refractivity contribution in [1.29, 1.82) is 0 Å². The Morgan fingerprint density at radius 1 is 0.968 bits per heavy atom. The molecule has 0 fully saturated rings. The fourth-order valence-electron chi connectivity index (χ4n) is 2.80. The number of aliphatic imine (C=N–C) groups is 1. The van der Waals surface area contributed by atoms with Crippen LogP contribution >= 0.6 is 24.0 Å². The maximum Gasteiger partial charge on any atom is 0.191 e. The van der Waals surface area contributed by atoms with Gasteiger partial charge in [0.05, 0.1) is 20.8 Å². The fraction of sp³-hybridized carbons (Fsp3) is 0.435. The summed E-state index contributed by atoms with van der Waals surface area (Å²) < 4.78 is 16.7. The second kappa shape index (κ2) is 14.7. The molecule has 0 radical (unpaired) electrons. The molecule has 0 saturated heterocycles. The van der Waals surface area contributed by atoms with E-state index in [1.807, 2.05) is 63.5 Å². The first-order valence-corrected chi connectivity index (χ1v) is 10.2. The average Bonchev–Trinajstić information content (AvgIpc) is 2.76. The van der Waals surface area contributed by atoms with E-state index in [1.54, 1.807) is 14.2 Å². The van der Waals surface area contributed by atoms with Crippen LogP contribution in [-0.4, -0.2) is 58.9 Å². The molecule has 2 aromatic carbocycles. The van der Waals surface area contributed by atoms with Crippen LogP contribution in [0.3, 0.4) is 0 Å². The summed E-state index contributed by atoms with van der Waals surface area (Å²) in [6.07, 6.45) is 0. The third-order valence-corrected chi connectivity index (χ3v) is 4.46. The van der Waals surface area contributed by atoms with Gasteiger partial charge in [-0.15, -0.1) is 24.0 Å². The summed E-state index contributed by atoms with van der Waals surface area (Å²) in [6.45, 7) is 5.43. The largest absolute Gasteiger partial charge is 0.497 e. The smallest absolute Gasteiger partial charge is 0.191 e. The van der Waals surface area contributed by atoms with E-state index in [0.29, 0.717) is 19.7 Å². The van der Waals surface area contributed by atoms with Crippen molar-refractivity contribution in [3.05, 3.63) is 53.6 Å². The number of nitrogens with one attached hydrogen (secondary N) is 2. The van der Waals surface area contributed by atoms with Gasteiger partial charge in [0.15, 0.2) is 5.96 Å². The molecule has 0 saturated carbocycles. The number of hydrogen-bond acceptors (Lipinski definition) is 5. The predicted molar refractivity (Wildman–Crippen MR) is 137 cm³/mol. The Morgan fingerprint density at radius 3 is 2.42 bits per heavy atom. The number of ether oxygens (including phenoxy) is 3. The molecular weight excluding hydrogens is 507 g/mol. The molecule has 172 valence electrons. The molecule has 2 rings (SSSR count). The SMILES string of the molecule is CCNC(=NCc1ccccc1OCCN(C)C)NCc1ccc(OC)cc1OC.I. The number of nitrogens with zero attached hydrogens (tertiary/aromatic N) is 2. The summed E-state index contributed by atoms with van der Waals surface area (Å²) in [7, 11) is 7.37. The van der Waals surface area contributed by atoms with Gasteiger partial charge < -0.3 is 29.7 Å². The van der Waals surface area contributed by atoms with E-state index in [-0.39, 0.29) is 24.0 Å². The van der Waals surface area contributed by atoms with Gasteiger partial charge in [0.25, 0.3) is 0 Å². The summed E-state index contributed by atoms with van der Waals surface area (Å²) >= 11 is 0. The second-order valence-corrected chi connectivity index (χ2v) is 6.99. The lowest BCUT2D eigenvalue weighted by Gasteiger charge is -2.15. The lowest BCUT2D eigenvalue weighted by Crippen LogP contribution is -2.36. The molecule has 0 aromatic heterocycles. The Labute approximate surface area is 203 Å². The Morgan fingerprint density at radius 2 is 1.74 bits per heavy atom. The van der Waals surface area contributed by atoms with Crippen LogP contribution in [0.25, 0.3) is 0 Å². The maximum atomic E-state index is 5.94. The summed E-state index contributed by atoms with van der Waals surface area (Å²) in [5.41, 5.74) is 2.08. The molecule has 0 aliphatic rings. The van der Waals surface area contributed by atoms with Crippen LogP contribution in [0.2, 0.25) is 0 Å².